The summed E-state index contributed by atoms with van der Waals surface area (Å²) >= 11 is 2.10. The summed E-state index contributed by atoms with van der Waals surface area (Å²) < 4.78 is 5.66. The Bertz CT molecular complexity index is 120. The predicted octanol–water partition coefficient (Wildman–Crippen LogP) is -0.750. The Morgan fingerprint density at radius 1 is 1.36 bits per heavy atom. The maximum absolute atomic E-state index is 9.16. The minimum absolute atomic E-state index is 0.149. The Morgan fingerprint density at radius 3 is 2.45 bits per heavy atom. The molecule has 5 heteroatoms. The van der Waals surface area contributed by atoms with Crippen LogP contribution in [-0.4, -0.2) is 44.3 Å². The standard InChI is InChI=1S/C6H11IO4/c7-2-3-1-4(8)5(9)6(10)11-3/h3-6,8-10H,1-2H2/t3-,4-,5+,6?/m0/s1. The SMILES string of the molecule is OC1O[C@H](CI)C[C@H](O)[C@H]1O. The van der Waals surface area contributed by atoms with Gasteiger partial charge in [0.05, 0.1) is 12.2 Å². The normalized spacial score (nSPS) is 45.8. The summed E-state index contributed by atoms with van der Waals surface area (Å²) in [7, 11) is 0. The van der Waals surface area contributed by atoms with Crippen molar-refractivity contribution in [3.8, 4) is 0 Å². The van der Waals surface area contributed by atoms with Gasteiger partial charge in [-0.25, -0.2) is 0 Å². The van der Waals surface area contributed by atoms with Crippen LogP contribution < -0.4 is 0 Å². The van der Waals surface area contributed by atoms with Crippen LogP contribution in [0.15, 0.2) is 0 Å². The lowest BCUT2D eigenvalue weighted by Crippen LogP contribution is -2.48. The lowest BCUT2D eigenvalue weighted by atomic mass is 10.0. The molecule has 1 fully saturated rings. The van der Waals surface area contributed by atoms with E-state index >= 15 is 0 Å². The zero-order valence-electron chi connectivity index (χ0n) is 5.85. The van der Waals surface area contributed by atoms with Gasteiger partial charge in [-0.2, -0.15) is 0 Å². The van der Waals surface area contributed by atoms with Gasteiger partial charge in [-0.1, -0.05) is 22.6 Å². The molecule has 0 spiro atoms. The lowest BCUT2D eigenvalue weighted by Gasteiger charge is -2.33. The molecule has 0 bridgehead atoms. The van der Waals surface area contributed by atoms with E-state index in [0.29, 0.717) is 10.8 Å². The second kappa shape index (κ2) is 3.99. The fourth-order valence-corrected chi connectivity index (χ4v) is 1.60. The average molecular weight is 274 g/mol. The van der Waals surface area contributed by atoms with Gasteiger partial charge < -0.3 is 20.1 Å². The Kier molecular flexibility index (Phi) is 3.51. The van der Waals surface area contributed by atoms with Crippen molar-refractivity contribution < 1.29 is 20.1 Å². The first-order chi connectivity index (χ1) is 5.15. The quantitative estimate of drug-likeness (QED) is 0.435. The van der Waals surface area contributed by atoms with E-state index in [1.807, 2.05) is 0 Å². The molecule has 0 aromatic heterocycles. The van der Waals surface area contributed by atoms with Gasteiger partial charge in [0.1, 0.15) is 6.10 Å². The molecule has 1 aliphatic heterocycles. The molecule has 4 atom stereocenters. The molecule has 0 amide bonds. The van der Waals surface area contributed by atoms with E-state index in [1.54, 1.807) is 0 Å². The molecule has 1 heterocycles. The van der Waals surface area contributed by atoms with Gasteiger partial charge in [-0.15, -0.1) is 0 Å². The molecule has 1 aliphatic rings. The summed E-state index contributed by atoms with van der Waals surface area (Å²) in [6.45, 7) is 0. The van der Waals surface area contributed by atoms with Crippen LogP contribution in [0.3, 0.4) is 0 Å². The van der Waals surface area contributed by atoms with Gasteiger partial charge in [0.15, 0.2) is 6.29 Å². The van der Waals surface area contributed by atoms with Crippen LogP contribution in [-0.2, 0) is 4.74 Å². The van der Waals surface area contributed by atoms with E-state index < -0.39 is 18.5 Å². The van der Waals surface area contributed by atoms with E-state index in [-0.39, 0.29) is 6.10 Å². The number of aliphatic hydroxyl groups excluding tert-OH is 3. The molecule has 0 radical (unpaired) electrons. The van der Waals surface area contributed by atoms with Crippen LogP contribution in [0.5, 0.6) is 0 Å². The molecule has 0 aromatic carbocycles. The number of aliphatic hydroxyl groups is 3. The zero-order chi connectivity index (χ0) is 8.43. The third-order valence-electron chi connectivity index (χ3n) is 1.69. The molecule has 1 rings (SSSR count). The van der Waals surface area contributed by atoms with Crippen molar-refractivity contribution in [1.82, 2.24) is 0 Å². The third kappa shape index (κ3) is 2.25. The molecule has 1 saturated heterocycles. The van der Waals surface area contributed by atoms with Crippen molar-refractivity contribution in [3.63, 3.8) is 0 Å². The van der Waals surface area contributed by atoms with Crippen LogP contribution in [0.25, 0.3) is 0 Å². The van der Waals surface area contributed by atoms with Gasteiger partial charge in [-0.05, 0) is 0 Å². The number of rotatable bonds is 1. The van der Waals surface area contributed by atoms with Gasteiger partial charge in [-0.3, -0.25) is 0 Å². The minimum Gasteiger partial charge on any atom is -0.390 e. The Morgan fingerprint density at radius 2 is 2.00 bits per heavy atom. The molecule has 4 nitrogen and oxygen atoms in total. The van der Waals surface area contributed by atoms with Crippen molar-refractivity contribution in [2.45, 2.75) is 31.0 Å². The topological polar surface area (TPSA) is 69.9 Å². The molecular formula is C6H11IO4. The Labute approximate surface area is 78.3 Å². The zero-order valence-corrected chi connectivity index (χ0v) is 8.01. The number of alkyl halides is 1. The highest BCUT2D eigenvalue weighted by atomic mass is 127. The number of ether oxygens (including phenoxy) is 1. The third-order valence-corrected chi connectivity index (χ3v) is 2.68. The van der Waals surface area contributed by atoms with Crippen molar-refractivity contribution in [3.05, 3.63) is 0 Å². The molecule has 0 aliphatic carbocycles. The summed E-state index contributed by atoms with van der Waals surface area (Å²) in [5.74, 6) is 0. The summed E-state index contributed by atoms with van der Waals surface area (Å²) in [4.78, 5) is 0. The number of hydrogen-bond acceptors (Lipinski definition) is 4. The average Bonchev–Trinajstić information content (AvgIpc) is 1.99. The van der Waals surface area contributed by atoms with Crippen molar-refractivity contribution >= 4 is 22.6 Å². The van der Waals surface area contributed by atoms with Crippen LogP contribution in [0.2, 0.25) is 0 Å². The van der Waals surface area contributed by atoms with Crippen molar-refractivity contribution in [2.24, 2.45) is 0 Å². The summed E-state index contributed by atoms with van der Waals surface area (Å²) in [5, 5.41) is 27.2. The van der Waals surface area contributed by atoms with E-state index in [0.717, 1.165) is 0 Å². The van der Waals surface area contributed by atoms with Crippen LogP contribution >= 0.6 is 22.6 Å². The van der Waals surface area contributed by atoms with Crippen molar-refractivity contribution in [2.75, 3.05) is 4.43 Å². The first kappa shape index (κ1) is 9.66. The molecule has 0 saturated carbocycles. The van der Waals surface area contributed by atoms with E-state index in [2.05, 4.69) is 22.6 Å². The Balaban J connectivity index is 2.47. The van der Waals surface area contributed by atoms with Gasteiger partial charge in [0, 0.05) is 10.8 Å². The van der Waals surface area contributed by atoms with Crippen LogP contribution in [0, 0.1) is 0 Å². The summed E-state index contributed by atoms with van der Waals surface area (Å²) in [6.07, 6.45) is -3.02. The summed E-state index contributed by atoms with van der Waals surface area (Å²) in [6, 6.07) is 0. The second-order valence-electron chi connectivity index (χ2n) is 2.60. The smallest absolute Gasteiger partial charge is 0.183 e. The Hall–Kier alpha value is 0.570. The fraction of sp³-hybridized carbons (Fsp3) is 1.00. The first-order valence-electron chi connectivity index (χ1n) is 3.40. The molecule has 66 valence electrons. The maximum Gasteiger partial charge on any atom is 0.183 e. The maximum atomic E-state index is 9.16. The molecule has 1 unspecified atom stereocenters. The van der Waals surface area contributed by atoms with Gasteiger partial charge >= 0.3 is 0 Å². The summed E-state index contributed by atoms with van der Waals surface area (Å²) in [5.41, 5.74) is 0. The second-order valence-corrected chi connectivity index (χ2v) is 3.48. The first-order valence-corrected chi connectivity index (χ1v) is 4.93. The molecular weight excluding hydrogens is 263 g/mol. The van der Waals surface area contributed by atoms with Crippen molar-refractivity contribution in [1.29, 1.82) is 0 Å². The highest BCUT2D eigenvalue weighted by Gasteiger charge is 2.34. The molecule has 11 heavy (non-hydrogen) atoms. The van der Waals surface area contributed by atoms with E-state index in [4.69, 9.17) is 20.1 Å². The fourth-order valence-electron chi connectivity index (χ4n) is 1.03. The largest absolute Gasteiger partial charge is 0.390 e. The highest BCUT2D eigenvalue weighted by molar-refractivity contribution is 14.1. The molecule has 0 aromatic rings. The molecule has 3 N–H and O–H groups in total. The van der Waals surface area contributed by atoms with Crippen LogP contribution in [0.4, 0.5) is 0 Å². The van der Waals surface area contributed by atoms with E-state index in [9.17, 15) is 0 Å². The lowest BCUT2D eigenvalue weighted by molar-refractivity contribution is -0.241. The minimum atomic E-state index is -1.24. The highest BCUT2D eigenvalue weighted by Crippen LogP contribution is 2.19. The van der Waals surface area contributed by atoms with E-state index in [1.165, 1.54) is 0 Å². The number of hydrogen-bond donors (Lipinski definition) is 3. The number of halogens is 1. The predicted molar refractivity (Wildman–Crippen MR) is 46.4 cm³/mol. The monoisotopic (exact) mass is 274 g/mol. The van der Waals surface area contributed by atoms with Crippen LogP contribution in [0.1, 0.15) is 6.42 Å². The van der Waals surface area contributed by atoms with Gasteiger partial charge in [0.25, 0.3) is 0 Å². The van der Waals surface area contributed by atoms with Gasteiger partial charge in [0.2, 0.25) is 0 Å².